The van der Waals surface area contributed by atoms with E-state index in [4.69, 9.17) is 4.74 Å². The highest BCUT2D eigenvalue weighted by Crippen LogP contribution is 2.32. The summed E-state index contributed by atoms with van der Waals surface area (Å²) in [7, 11) is 3.39. The maximum atomic E-state index is 13.6. The van der Waals surface area contributed by atoms with Crippen LogP contribution >= 0.6 is 0 Å². The van der Waals surface area contributed by atoms with Gasteiger partial charge in [0.2, 0.25) is 11.6 Å². The Balaban J connectivity index is 1.51. The van der Waals surface area contributed by atoms with Gasteiger partial charge in [0.05, 0.1) is 23.8 Å². The number of ketones is 2. The molecule has 1 aliphatic rings. The second-order valence-corrected chi connectivity index (χ2v) is 11.2. The van der Waals surface area contributed by atoms with Crippen LogP contribution in [0.25, 0.3) is 10.9 Å². The van der Waals surface area contributed by atoms with Crippen molar-refractivity contribution >= 4 is 28.4 Å². The number of amides is 1. The first-order valence-electron chi connectivity index (χ1n) is 13.8. The van der Waals surface area contributed by atoms with Crippen LogP contribution in [-0.4, -0.2) is 47.1 Å². The largest absolute Gasteiger partial charge is 0.496 e. The van der Waals surface area contributed by atoms with Crippen molar-refractivity contribution in [1.82, 2.24) is 9.47 Å². The Morgan fingerprint density at radius 2 is 1.71 bits per heavy atom. The molecule has 6 nitrogen and oxygen atoms in total. The molecule has 1 saturated heterocycles. The highest BCUT2D eigenvalue weighted by molar-refractivity contribution is 6.45. The first-order valence-corrected chi connectivity index (χ1v) is 13.8. The maximum absolute atomic E-state index is 13.6. The van der Waals surface area contributed by atoms with Crippen molar-refractivity contribution in [3.8, 4) is 5.75 Å². The quantitative estimate of drug-likeness (QED) is 0.239. The van der Waals surface area contributed by atoms with Crippen molar-refractivity contribution in [3.05, 3.63) is 64.8 Å². The number of benzene rings is 2. The van der Waals surface area contributed by atoms with E-state index in [1.54, 1.807) is 25.4 Å². The molecule has 0 atom stereocenters. The molecular formula is C32H40N2O4. The first kappa shape index (κ1) is 27.6. The number of rotatable bonds is 10. The first-order chi connectivity index (χ1) is 18.2. The summed E-state index contributed by atoms with van der Waals surface area (Å²) in [6.45, 7) is 7.68. The Kier molecular flexibility index (Phi) is 8.70. The average molecular weight is 517 g/mol. The fraction of sp³-hybridized carbons (Fsp3) is 0.469. The predicted octanol–water partition coefficient (Wildman–Crippen LogP) is 6.17. The lowest BCUT2D eigenvalue weighted by Gasteiger charge is -2.32. The van der Waals surface area contributed by atoms with Gasteiger partial charge in [0.25, 0.3) is 5.91 Å². The number of fused-ring (bicyclic) bond motifs is 1. The fourth-order valence-electron chi connectivity index (χ4n) is 5.43. The molecule has 2 aromatic carbocycles. The van der Waals surface area contributed by atoms with Crippen LogP contribution in [0.1, 0.15) is 77.8 Å². The third-order valence-corrected chi connectivity index (χ3v) is 7.77. The molecule has 0 saturated carbocycles. The maximum Gasteiger partial charge on any atom is 0.257 e. The highest BCUT2D eigenvalue weighted by atomic mass is 16.5. The number of Topliss-reactive ketones (excluding diaryl/α,β-unsaturated/α-hetero) is 2. The summed E-state index contributed by atoms with van der Waals surface area (Å²) >= 11 is 0. The van der Waals surface area contributed by atoms with Crippen molar-refractivity contribution in [1.29, 1.82) is 0 Å². The van der Waals surface area contributed by atoms with Gasteiger partial charge < -0.3 is 14.2 Å². The van der Waals surface area contributed by atoms with Crippen LogP contribution in [0.15, 0.2) is 42.6 Å². The minimum absolute atomic E-state index is 0.0944. The van der Waals surface area contributed by atoms with Crippen molar-refractivity contribution in [2.45, 2.75) is 59.3 Å². The molecule has 202 valence electrons. The zero-order valence-corrected chi connectivity index (χ0v) is 23.4. The molecule has 1 aromatic heterocycles. The van der Waals surface area contributed by atoms with Gasteiger partial charge in [0, 0.05) is 44.2 Å². The number of likely N-dealkylation sites (tertiary alicyclic amines) is 1. The van der Waals surface area contributed by atoms with Crippen molar-refractivity contribution < 1.29 is 19.1 Å². The van der Waals surface area contributed by atoms with Gasteiger partial charge in [0.1, 0.15) is 5.75 Å². The Morgan fingerprint density at radius 3 is 2.34 bits per heavy atom. The molecule has 0 unspecified atom stereocenters. The van der Waals surface area contributed by atoms with Gasteiger partial charge in [-0.15, -0.1) is 0 Å². The number of hydrogen-bond donors (Lipinski definition) is 0. The molecule has 1 fully saturated rings. The van der Waals surface area contributed by atoms with Crippen molar-refractivity contribution in [3.63, 3.8) is 0 Å². The average Bonchev–Trinajstić information content (AvgIpc) is 3.23. The highest BCUT2D eigenvalue weighted by Gasteiger charge is 2.28. The lowest BCUT2D eigenvalue weighted by Crippen LogP contribution is -2.39. The molecule has 6 heteroatoms. The number of aromatic nitrogens is 1. The van der Waals surface area contributed by atoms with E-state index >= 15 is 0 Å². The predicted molar refractivity (Wildman–Crippen MR) is 151 cm³/mol. The number of aryl methyl sites for hydroxylation is 2. The zero-order chi connectivity index (χ0) is 27.4. The zero-order valence-electron chi connectivity index (χ0n) is 23.4. The second kappa shape index (κ2) is 12.0. The molecule has 3 aromatic rings. The minimum Gasteiger partial charge on any atom is -0.496 e. The third kappa shape index (κ3) is 6.17. The number of carbonyl (C=O) groups excluding carboxylic acids is 3. The standard InChI is InChI=1S/C32H40N2O4/c1-21(2)7-6-8-29(35)31(36)27-20-33(4)28-19-30(38-5)26(18-25(27)28)32(37)34-15-13-24(14-16-34)17-23-11-9-22(3)10-12-23/h9-12,18-21,24H,6-8,13-17H2,1-5H3. The van der Waals surface area contributed by atoms with Gasteiger partial charge in [-0.1, -0.05) is 50.1 Å². The van der Waals surface area contributed by atoms with E-state index in [2.05, 4.69) is 45.0 Å². The molecule has 0 spiro atoms. The second-order valence-electron chi connectivity index (χ2n) is 11.2. The van der Waals surface area contributed by atoms with Gasteiger partial charge in [-0.25, -0.2) is 0 Å². The lowest BCUT2D eigenvalue weighted by atomic mass is 9.89. The van der Waals surface area contributed by atoms with E-state index in [0.717, 1.165) is 31.2 Å². The molecule has 38 heavy (non-hydrogen) atoms. The van der Waals surface area contributed by atoms with E-state index in [9.17, 15) is 14.4 Å². The van der Waals surface area contributed by atoms with Crippen LogP contribution < -0.4 is 4.74 Å². The monoisotopic (exact) mass is 516 g/mol. The number of hydrogen-bond acceptors (Lipinski definition) is 4. The topological polar surface area (TPSA) is 68.6 Å². The Hall–Kier alpha value is -3.41. The summed E-state index contributed by atoms with van der Waals surface area (Å²) < 4.78 is 7.43. The molecule has 0 N–H and O–H groups in total. The van der Waals surface area contributed by atoms with Gasteiger partial charge >= 0.3 is 0 Å². The van der Waals surface area contributed by atoms with Crippen molar-refractivity contribution in [2.75, 3.05) is 20.2 Å². The van der Waals surface area contributed by atoms with Crippen LogP contribution in [0.4, 0.5) is 0 Å². The van der Waals surface area contributed by atoms with Gasteiger partial charge in [0.15, 0.2) is 0 Å². The number of methoxy groups -OCH3 is 1. The number of ether oxygens (including phenoxy) is 1. The Morgan fingerprint density at radius 1 is 1.03 bits per heavy atom. The van der Waals surface area contributed by atoms with Gasteiger partial charge in [-0.2, -0.15) is 0 Å². The van der Waals surface area contributed by atoms with E-state index < -0.39 is 5.78 Å². The van der Waals surface area contributed by atoms with Crippen LogP contribution in [0.2, 0.25) is 0 Å². The Labute approximate surface area is 226 Å². The van der Waals surface area contributed by atoms with Crippen molar-refractivity contribution in [2.24, 2.45) is 18.9 Å². The molecule has 0 bridgehead atoms. The lowest BCUT2D eigenvalue weighted by molar-refractivity contribution is -0.115. The summed E-state index contributed by atoms with van der Waals surface area (Å²) in [6, 6.07) is 12.2. The summed E-state index contributed by atoms with van der Waals surface area (Å²) in [5.41, 5.74) is 4.15. The van der Waals surface area contributed by atoms with Crippen LogP contribution in [-0.2, 0) is 18.3 Å². The van der Waals surface area contributed by atoms with Crippen LogP contribution in [0.5, 0.6) is 5.75 Å². The van der Waals surface area contributed by atoms with E-state index in [1.807, 2.05) is 16.5 Å². The summed E-state index contributed by atoms with van der Waals surface area (Å²) in [5, 5.41) is 0.619. The van der Waals surface area contributed by atoms with Gasteiger partial charge in [-0.3, -0.25) is 14.4 Å². The number of carbonyl (C=O) groups is 3. The molecule has 4 rings (SSSR count). The van der Waals surface area contributed by atoms with Crippen LogP contribution in [0.3, 0.4) is 0 Å². The van der Waals surface area contributed by atoms with E-state index in [0.29, 0.717) is 53.6 Å². The third-order valence-electron chi connectivity index (χ3n) is 7.77. The molecular weight excluding hydrogens is 476 g/mol. The summed E-state index contributed by atoms with van der Waals surface area (Å²) in [5.74, 6) is 0.559. The molecule has 2 heterocycles. The smallest absolute Gasteiger partial charge is 0.257 e. The van der Waals surface area contributed by atoms with E-state index in [-0.39, 0.29) is 18.1 Å². The normalized spacial score (nSPS) is 14.3. The SMILES string of the molecule is COc1cc2c(cc1C(=O)N1CCC(Cc3ccc(C)cc3)CC1)c(C(=O)C(=O)CCCC(C)C)cn2C. The summed E-state index contributed by atoms with van der Waals surface area (Å²) in [6.07, 6.45) is 6.47. The Bertz CT molecular complexity index is 1310. The summed E-state index contributed by atoms with van der Waals surface area (Å²) in [4.78, 5) is 41.3. The van der Waals surface area contributed by atoms with Gasteiger partial charge in [-0.05, 0) is 56.1 Å². The number of nitrogens with zero attached hydrogens (tertiary/aromatic N) is 2. The molecule has 1 amide bonds. The number of piperidine rings is 1. The molecule has 1 aliphatic heterocycles. The van der Waals surface area contributed by atoms with E-state index in [1.165, 1.54) is 11.1 Å². The molecule has 0 radical (unpaired) electrons. The van der Waals surface area contributed by atoms with Crippen LogP contribution in [0, 0.1) is 18.8 Å². The molecule has 0 aliphatic carbocycles. The fourth-order valence-corrected chi connectivity index (χ4v) is 5.43. The minimum atomic E-state index is -0.486.